The van der Waals surface area contributed by atoms with Gasteiger partial charge in [-0.15, -0.1) is 0 Å². The third-order valence-electron chi connectivity index (χ3n) is 2.69. The summed E-state index contributed by atoms with van der Waals surface area (Å²) in [6, 6.07) is 5.94. The Balaban J connectivity index is 2.79. The number of hydrogen-bond acceptors (Lipinski definition) is 3. The van der Waals surface area contributed by atoms with Crippen LogP contribution in [0.4, 0.5) is 0 Å². The van der Waals surface area contributed by atoms with E-state index in [1.807, 2.05) is 6.92 Å². The molecule has 0 aliphatic heterocycles. The first-order valence-corrected chi connectivity index (χ1v) is 6.31. The Morgan fingerprint density at radius 1 is 1.20 bits per heavy atom. The molecule has 0 saturated carbocycles. The second-order valence-electron chi connectivity index (χ2n) is 4.36. The average Bonchev–Trinajstić information content (AvgIpc) is 2.44. The number of aromatic carboxylic acids is 1. The zero-order valence-corrected chi connectivity index (χ0v) is 11.5. The van der Waals surface area contributed by atoms with Crippen LogP contribution in [0.1, 0.15) is 34.1 Å². The van der Waals surface area contributed by atoms with E-state index in [4.69, 9.17) is 5.11 Å². The Hall–Kier alpha value is -2.37. The topological polar surface area (TPSA) is 86.7 Å². The zero-order chi connectivity index (χ0) is 15.1. The normalized spacial score (nSPS) is 9.90. The van der Waals surface area contributed by atoms with E-state index in [1.54, 1.807) is 12.1 Å². The molecule has 6 nitrogen and oxygen atoms in total. The summed E-state index contributed by atoms with van der Waals surface area (Å²) in [5.41, 5.74) is 0.00380. The minimum atomic E-state index is -1.17. The lowest BCUT2D eigenvalue weighted by Crippen LogP contribution is -2.39. The molecule has 0 fully saturated rings. The van der Waals surface area contributed by atoms with Gasteiger partial charge in [0.1, 0.15) is 0 Å². The quantitative estimate of drug-likeness (QED) is 0.812. The van der Waals surface area contributed by atoms with E-state index < -0.39 is 11.9 Å². The monoisotopic (exact) mass is 278 g/mol. The van der Waals surface area contributed by atoms with Crippen molar-refractivity contribution in [3.63, 3.8) is 0 Å². The Morgan fingerprint density at radius 2 is 1.80 bits per heavy atom. The Bertz CT molecular complexity index is 514. The van der Waals surface area contributed by atoms with Crippen LogP contribution >= 0.6 is 0 Å². The first-order valence-electron chi connectivity index (χ1n) is 6.31. The number of carboxylic acid groups (broad SMARTS) is 1. The fourth-order valence-electron chi connectivity index (χ4n) is 1.67. The van der Waals surface area contributed by atoms with Crippen molar-refractivity contribution in [2.24, 2.45) is 0 Å². The third kappa shape index (κ3) is 4.08. The van der Waals surface area contributed by atoms with E-state index in [2.05, 4.69) is 5.32 Å². The van der Waals surface area contributed by atoms with Crippen molar-refractivity contribution in [3.05, 3.63) is 35.4 Å². The summed E-state index contributed by atoms with van der Waals surface area (Å²) in [6.07, 6.45) is 0.811. The molecule has 0 heterocycles. The van der Waals surface area contributed by atoms with Crippen LogP contribution in [-0.4, -0.2) is 47.9 Å². The first-order chi connectivity index (χ1) is 9.47. The number of carboxylic acids is 1. The summed E-state index contributed by atoms with van der Waals surface area (Å²) < 4.78 is 0. The molecule has 0 unspecified atom stereocenters. The molecule has 6 heteroatoms. The van der Waals surface area contributed by atoms with Gasteiger partial charge in [-0.05, 0) is 18.6 Å². The molecule has 0 radical (unpaired) electrons. The largest absolute Gasteiger partial charge is 0.478 e. The first kappa shape index (κ1) is 15.7. The Labute approximate surface area is 117 Å². The van der Waals surface area contributed by atoms with Crippen LogP contribution in [0.3, 0.4) is 0 Å². The van der Waals surface area contributed by atoms with Crippen LogP contribution in [0.15, 0.2) is 24.3 Å². The Kier molecular flexibility index (Phi) is 5.71. The summed E-state index contributed by atoms with van der Waals surface area (Å²) in [5.74, 6) is -1.93. The average molecular weight is 278 g/mol. The molecule has 0 spiro atoms. The van der Waals surface area contributed by atoms with Crippen molar-refractivity contribution >= 4 is 17.8 Å². The third-order valence-corrected chi connectivity index (χ3v) is 2.69. The highest BCUT2D eigenvalue weighted by Gasteiger charge is 2.20. The highest BCUT2D eigenvalue weighted by atomic mass is 16.4. The lowest BCUT2D eigenvalue weighted by molar-refractivity contribution is -0.121. The van der Waals surface area contributed by atoms with Gasteiger partial charge in [-0.2, -0.15) is 0 Å². The van der Waals surface area contributed by atoms with Crippen molar-refractivity contribution in [2.45, 2.75) is 13.3 Å². The predicted molar refractivity (Wildman–Crippen MR) is 73.7 cm³/mol. The predicted octanol–water partition coefficient (Wildman–Crippen LogP) is 0.983. The maximum atomic E-state index is 12.2. The summed E-state index contributed by atoms with van der Waals surface area (Å²) in [7, 11) is 1.46. The molecule has 1 rings (SSSR count). The van der Waals surface area contributed by atoms with E-state index >= 15 is 0 Å². The summed E-state index contributed by atoms with van der Waals surface area (Å²) >= 11 is 0. The summed E-state index contributed by atoms with van der Waals surface area (Å²) in [4.78, 5) is 36.0. The number of carbonyl (C=O) groups excluding carboxylic acids is 2. The number of nitrogens with zero attached hydrogens (tertiary/aromatic N) is 1. The second-order valence-corrected chi connectivity index (χ2v) is 4.36. The fraction of sp³-hybridized carbons (Fsp3) is 0.357. The molecule has 0 saturated heterocycles. The number of amides is 2. The van der Waals surface area contributed by atoms with Crippen LogP contribution in [0.25, 0.3) is 0 Å². The van der Waals surface area contributed by atoms with Gasteiger partial charge in [0.2, 0.25) is 5.91 Å². The van der Waals surface area contributed by atoms with E-state index in [9.17, 15) is 14.4 Å². The van der Waals surface area contributed by atoms with Gasteiger partial charge >= 0.3 is 5.97 Å². The van der Waals surface area contributed by atoms with E-state index in [-0.39, 0.29) is 23.6 Å². The summed E-state index contributed by atoms with van der Waals surface area (Å²) in [6.45, 7) is 2.37. The number of carbonyl (C=O) groups is 3. The van der Waals surface area contributed by atoms with Crippen molar-refractivity contribution in [3.8, 4) is 0 Å². The molecular weight excluding hydrogens is 260 g/mol. The van der Waals surface area contributed by atoms with Gasteiger partial charge in [0.05, 0.1) is 17.7 Å². The molecule has 0 atom stereocenters. The van der Waals surface area contributed by atoms with E-state index in [0.717, 1.165) is 6.42 Å². The van der Waals surface area contributed by atoms with Crippen molar-refractivity contribution in [1.82, 2.24) is 10.2 Å². The molecule has 0 aliphatic rings. The minimum Gasteiger partial charge on any atom is -0.478 e. The van der Waals surface area contributed by atoms with Gasteiger partial charge in [-0.3, -0.25) is 9.59 Å². The number of benzene rings is 1. The van der Waals surface area contributed by atoms with Crippen molar-refractivity contribution in [1.29, 1.82) is 0 Å². The fourth-order valence-corrected chi connectivity index (χ4v) is 1.67. The number of rotatable bonds is 6. The van der Waals surface area contributed by atoms with Crippen LogP contribution < -0.4 is 5.32 Å². The molecule has 20 heavy (non-hydrogen) atoms. The molecule has 1 aromatic rings. The molecule has 0 aromatic heterocycles. The highest BCUT2D eigenvalue weighted by molar-refractivity contribution is 6.05. The standard InChI is InChI=1S/C14H18N2O4/c1-3-8-15-12(17)9-16(2)13(18)10-6-4-5-7-11(10)14(19)20/h4-7H,3,8-9H2,1-2H3,(H,15,17)(H,19,20). The van der Waals surface area contributed by atoms with E-state index in [1.165, 1.54) is 24.1 Å². The molecule has 0 bridgehead atoms. The van der Waals surface area contributed by atoms with Gasteiger partial charge in [0, 0.05) is 13.6 Å². The maximum Gasteiger partial charge on any atom is 0.336 e. The van der Waals surface area contributed by atoms with Gasteiger partial charge in [-0.1, -0.05) is 19.1 Å². The highest BCUT2D eigenvalue weighted by Crippen LogP contribution is 2.11. The molecule has 2 N–H and O–H groups in total. The van der Waals surface area contributed by atoms with Gasteiger partial charge in [-0.25, -0.2) is 4.79 Å². The van der Waals surface area contributed by atoms with Crippen LogP contribution in [0.2, 0.25) is 0 Å². The van der Waals surface area contributed by atoms with Crippen LogP contribution in [0.5, 0.6) is 0 Å². The number of likely N-dealkylation sites (N-methyl/N-ethyl adjacent to an activating group) is 1. The van der Waals surface area contributed by atoms with Crippen molar-refractivity contribution in [2.75, 3.05) is 20.1 Å². The van der Waals surface area contributed by atoms with Crippen LogP contribution in [-0.2, 0) is 4.79 Å². The zero-order valence-electron chi connectivity index (χ0n) is 11.5. The lowest BCUT2D eigenvalue weighted by atomic mass is 10.1. The Morgan fingerprint density at radius 3 is 2.35 bits per heavy atom. The maximum absolute atomic E-state index is 12.2. The SMILES string of the molecule is CCCNC(=O)CN(C)C(=O)c1ccccc1C(=O)O. The molecule has 0 aliphatic carbocycles. The smallest absolute Gasteiger partial charge is 0.336 e. The minimum absolute atomic E-state index is 0.0710. The molecule has 108 valence electrons. The molecule has 1 aromatic carbocycles. The van der Waals surface area contributed by atoms with E-state index in [0.29, 0.717) is 6.54 Å². The second kappa shape index (κ2) is 7.28. The molecular formula is C14H18N2O4. The molecule has 2 amide bonds. The van der Waals surface area contributed by atoms with Gasteiger partial charge < -0.3 is 15.3 Å². The van der Waals surface area contributed by atoms with Gasteiger partial charge in [0.25, 0.3) is 5.91 Å². The number of hydrogen-bond donors (Lipinski definition) is 2. The number of nitrogens with one attached hydrogen (secondary N) is 1. The van der Waals surface area contributed by atoms with Gasteiger partial charge in [0.15, 0.2) is 0 Å². The lowest BCUT2D eigenvalue weighted by Gasteiger charge is -2.17. The summed E-state index contributed by atoms with van der Waals surface area (Å²) in [5, 5.41) is 11.7. The van der Waals surface area contributed by atoms with Crippen LogP contribution in [0, 0.1) is 0 Å². The van der Waals surface area contributed by atoms with Crippen molar-refractivity contribution < 1.29 is 19.5 Å².